The van der Waals surface area contributed by atoms with Gasteiger partial charge in [-0.1, -0.05) is 24.3 Å². The Bertz CT molecular complexity index is 891. The molecule has 1 heterocycles. The molecular formula is C20H19F3N2OS. The maximum Gasteiger partial charge on any atom is 0.416 e. The Hall–Kier alpha value is -2.38. The van der Waals surface area contributed by atoms with Crippen molar-refractivity contribution < 1.29 is 17.9 Å². The molecule has 0 aliphatic carbocycles. The average molecular weight is 392 g/mol. The predicted octanol–water partition coefficient (Wildman–Crippen LogP) is 5.47. The van der Waals surface area contributed by atoms with Gasteiger partial charge in [-0.05, 0) is 36.9 Å². The third-order valence-corrected chi connectivity index (χ3v) is 4.97. The molecule has 7 heteroatoms. The second-order valence-electron chi connectivity index (χ2n) is 6.24. The van der Waals surface area contributed by atoms with E-state index in [0.29, 0.717) is 17.1 Å². The minimum atomic E-state index is -4.32. The second-order valence-corrected chi connectivity index (χ2v) is 7.10. The first-order chi connectivity index (χ1) is 12.8. The summed E-state index contributed by atoms with van der Waals surface area (Å²) in [5.41, 5.74) is 2.06. The number of aromatic nitrogens is 1. The molecule has 2 aromatic carbocycles. The Balaban J connectivity index is 1.65. The van der Waals surface area contributed by atoms with E-state index in [1.54, 1.807) is 7.11 Å². The molecule has 0 fully saturated rings. The molecule has 27 heavy (non-hydrogen) atoms. The summed E-state index contributed by atoms with van der Waals surface area (Å²) in [5.74, 6) is 0.819. The Kier molecular flexibility index (Phi) is 5.82. The highest BCUT2D eigenvalue weighted by molar-refractivity contribution is 7.13. The maximum absolute atomic E-state index is 12.7. The zero-order valence-corrected chi connectivity index (χ0v) is 15.8. The highest BCUT2D eigenvalue weighted by Crippen LogP contribution is 2.31. The zero-order chi connectivity index (χ0) is 19.4. The minimum absolute atomic E-state index is 0.647. The summed E-state index contributed by atoms with van der Waals surface area (Å²) in [7, 11) is 3.64. The number of rotatable bonds is 6. The summed E-state index contributed by atoms with van der Waals surface area (Å²) < 4.78 is 43.2. The molecule has 0 saturated carbocycles. The van der Waals surface area contributed by atoms with Gasteiger partial charge in [-0.2, -0.15) is 13.2 Å². The molecule has 0 bridgehead atoms. The van der Waals surface area contributed by atoms with Crippen LogP contribution in [0.3, 0.4) is 0 Å². The van der Waals surface area contributed by atoms with Crippen molar-refractivity contribution in [2.75, 3.05) is 14.2 Å². The molecule has 3 nitrogen and oxygen atoms in total. The van der Waals surface area contributed by atoms with Crippen LogP contribution in [0.4, 0.5) is 13.2 Å². The second kappa shape index (κ2) is 8.10. The van der Waals surface area contributed by atoms with Gasteiger partial charge in [-0.3, -0.25) is 4.90 Å². The minimum Gasteiger partial charge on any atom is -0.497 e. The number of nitrogens with zero attached hydrogens (tertiary/aromatic N) is 2. The highest BCUT2D eigenvalue weighted by Gasteiger charge is 2.30. The van der Waals surface area contributed by atoms with Crippen LogP contribution in [0.2, 0.25) is 0 Å². The molecule has 0 aliphatic rings. The number of halogens is 3. The van der Waals surface area contributed by atoms with Gasteiger partial charge in [-0.15, -0.1) is 11.3 Å². The van der Waals surface area contributed by atoms with Crippen molar-refractivity contribution in [2.45, 2.75) is 19.3 Å². The number of ether oxygens (including phenoxy) is 1. The smallest absolute Gasteiger partial charge is 0.416 e. The average Bonchev–Trinajstić information content (AvgIpc) is 3.09. The molecule has 0 unspecified atom stereocenters. The number of thiazole rings is 1. The number of methoxy groups -OCH3 is 1. The van der Waals surface area contributed by atoms with Crippen LogP contribution >= 0.6 is 11.3 Å². The van der Waals surface area contributed by atoms with Crippen LogP contribution in [0.5, 0.6) is 5.75 Å². The highest BCUT2D eigenvalue weighted by atomic mass is 32.1. The van der Waals surface area contributed by atoms with Gasteiger partial charge in [0.1, 0.15) is 10.8 Å². The normalized spacial score (nSPS) is 11.8. The van der Waals surface area contributed by atoms with Crippen LogP contribution in [0.15, 0.2) is 53.9 Å². The monoisotopic (exact) mass is 392 g/mol. The van der Waals surface area contributed by atoms with Gasteiger partial charge in [-0.25, -0.2) is 4.98 Å². The molecule has 0 saturated heterocycles. The van der Waals surface area contributed by atoms with Crippen LogP contribution in [0.25, 0.3) is 10.6 Å². The maximum atomic E-state index is 12.7. The van der Waals surface area contributed by atoms with Crippen molar-refractivity contribution in [3.63, 3.8) is 0 Å². The lowest BCUT2D eigenvalue weighted by atomic mass is 10.1. The molecule has 0 aliphatic heterocycles. The zero-order valence-electron chi connectivity index (χ0n) is 15.0. The van der Waals surface area contributed by atoms with E-state index in [-0.39, 0.29) is 0 Å². The van der Waals surface area contributed by atoms with Crippen molar-refractivity contribution in [2.24, 2.45) is 0 Å². The lowest BCUT2D eigenvalue weighted by Gasteiger charge is -2.15. The van der Waals surface area contributed by atoms with Crippen LogP contribution < -0.4 is 4.74 Å². The summed E-state index contributed by atoms with van der Waals surface area (Å²) >= 11 is 1.43. The lowest BCUT2D eigenvalue weighted by molar-refractivity contribution is -0.137. The van der Waals surface area contributed by atoms with Crippen molar-refractivity contribution in [3.05, 3.63) is 70.7 Å². The molecule has 1 aromatic heterocycles. The number of hydrogen-bond acceptors (Lipinski definition) is 4. The molecule has 3 rings (SSSR count). The quantitative estimate of drug-likeness (QED) is 0.556. The fourth-order valence-electron chi connectivity index (χ4n) is 2.73. The summed E-state index contributed by atoms with van der Waals surface area (Å²) in [6.45, 7) is 1.39. The fraction of sp³-hybridized carbons (Fsp3) is 0.250. The number of hydrogen-bond donors (Lipinski definition) is 0. The Morgan fingerprint density at radius 2 is 1.81 bits per heavy atom. The molecule has 0 amide bonds. The SMILES string of the molecule is COc1cccc(CN(C)Cc2csc(-c3ccc(C(F)(F)F)cc3)n2)c1. The van der Waals surface area contributed by atoms with Crippen LogP contribution in [-0.2, 0) is 19.3 Å². The van der Waals surface area contributed by atoms with E-state index in [0.717, 1.165) is 35.7 Å². The lowest BCUT2D eigenvalue weighted by Crippen LogP contribution is -2.17. The standard InChI is InChI=1S/C20H19F3N2OS/c1-25(11-14-4-3-5-18(10-14)26-2)12-17-13-27-19(24-17)15-6-8-16(9-7-15)20(21,22)23/h3-10,13H,11-12H2,1-2H3. The molecule has 0 radical (unpaired) electrons. The topological polar surface area (TPSA) is 25.4 Å². The van der Waals surface area contributed by atoms with Gasteiger partial charge in [0.25, 0.3) is 0 Å². The summed E-state index contributed by atoms with van der Waals surface area (Å²) in [4.78, 5) is 6.68. The first kappa shape index (κ1) is 19.4. The van der Waals surface area contributed by atoms with Crippen LogP contribution in [0, 0.1) is 0 Å². The Morgan fingerprint density at radius 1 is 1.07 bits per heavy atom. The van der Waals surface area contributed by atoms with E-state index >= 15 is 0 Å². The van der Waals surface area contributed by atoms with Crippen LogP contribution in [0.1, 0.15) is 16.8 Å². The summed E-state index contributed by atoms with van der Waals surface area (Å²) in [5, 5.41) is 2.66. The Labute approximate surface area is 160 Å². The van der Waals surface area contributed by atoms with E-state index < -0.39 is 11.7 Å². The van der Waals surface area contributed by atoms with Crippen molar-refractivity contribution in [1.29, 1.82) is 0 Å². The fourth-order valence-corrected chi connectivity index (χ4v) is 3.55. The number of benzene rings is 2. The largest absolute Gasteiger partial charge is 0.497 e. The molecule has 0 atom stereocenters. The van der Waals surface area contributed by atoms with Crippen molar-refractivity contribution >= 4 is 11.3 Å². The third kappa shape index (κ3) is 5.08. The van der Waals surface area contributed by atoms with Gasteiger partial charge >= 0.3 is 6.18 Å². The Morgan fingerprint density at radius 3 is 2.48 bits per heavy atom. The molecular weight excluding hydrogens is 373 g/mol. The van der Waals surface area contributed by atoms with Gasteiger partial charge < -0.3 is 4.74 Å². The predicted molar refractivity (Wildman–Crippen MR) is 101 cm³/mol. The third-order valence-electron chi connectivity index (χ3n) is 4.03. The van der Waals surface area contributed by atoms with Gasteiger partial charge in [0, 0.05) is 24.0 Å². The van der Waals surface area contributed by atoms with Crippen LogP contribution in [-0.4, -0.2) is 24.0 Å². The molecule has 142 valence electrons. The van der Waals surface area contributed by atoms with E-state index in [1.807, 2.05) is 36.7 Å². The molecule has 0 spiro atoms. The van der Waals surface area contributed by atoms with Crippen molar-refractivity contribution in [3.8, 4) is 16.3 Å². The van der Waals surface area contributed by atoms with Gasteiger partial charge in [0.2, 0.25) is 0 Å². The van der Waals surface area contributed by atoms with E-state index in [9.17, 15) is 13.2 Å². The van der Waals surface area contributed by atoms with E-state index in [4.69, 9.17) is 4.74 Å². The van der Waals surface area contributed by atoms with Gasteiger partial charge in [0.05, 0.1) is 18.4 Å². The number of alkyl halides is 3. The van der Waals surface area contributed by atoms with Gasteiger partial charge in [0.15, 0.2) is 0 Å². The molecule has 0 N–H and O–H groups in total. The molecule has 3 aromatic rings. The van der Waals surface area contributed by atoms with Crippen molar-refractivity contribution in [1.82, 2.24) is 9.88 Å². The first-order valence-electron chi connectivity index (χ1n) is 8.28. The van der Waals surface area contributed by atoms with E-state index in [1.165, 1.54) is 23.5 Å². The summed E-state index contributed by atoms with van der Waals surface area (Å²) in [6, 6.07) is 13.0. The van der Waals surface area contributed by atoms with E-state index in [2.05, 4.69) is 9.88 Å². The first-order valence-corrected chi connectivity index (χ1v) is 9.16. The summed E-state index contributed by atoms with van der Waals surface area (Å²) in [6.07, 6.45) is -4.32.